The monoisotopic (exact) mass is 284 g/mol. The van der Waals surface area contributed by atoms with Gasteiger partial charge in [0, 0.05) is 17.7 Å². The third kappa shape index (κ3) is 3.09. The van der Waals surface area contributed by atoms with E-state index < -0.39 is 0 Å². The van der Waals surface area contributed by atoms with Crippen molar-refractivity contribution in [2.24, 2.45) is 5.92 Å². The average Bonchev–Trinajstić information content (AvgIpc) is 3.31. The van der Waals surface area contributed by atoms with Gasteiger partial charge in [0.1, 0.15) is 0 Å². The minimum atomic E-state index is 0.253. The minimum absolute atomic E-state index is 0.253. The van der Waals surface area contributed by atoms with Crippen molar-refractivity contribution in [2.45, 2.75) is 38.8 Å². The van der Waals surface area contributed by atoms with Gasteiger partial charge in [0.25, 0.3) is 0 Å². The van der Waals surface area contributed by atoms with Crippen LogP contribution in [0.4, 0.5) is 0 Å². The van der Waals surface area contributed by atoms with Crippen LogP contribution in [-0.2, 0) is 4.74 Å². The highest BCUT2D eigenvalue weighted by Gasteiger charge is 2.37. The molecule has 3 rings (SSSR count). The molecule has 0 aliphatic heterocycles. The summed E-state index contributed by atoms with van der Waals surface area (Å²) in [7, 11) is 2.02. The fourth-order valence-corrected chi connectivity index (χ4v) is 3.08. The smallest absolute Gasteiger partial charge is 0.0797 e. The molecule has 2 unspecified atom stereocenters. The summed E-state index contributed by atoms with van der Waals surface area (Å²) in [5.41, 5.74) is 3.42. The van der Waals surface area contributed by atoms with Crippen molar-refractivity contribution in [1.29, 1.82) is 0 Å². The topological polar surface area (TPSA) is 34.1 Å². The number of aryl methyl sites for hydroxylation is 1. The Morgan fingerprint density at radius 2 is 2.10 bits per heavy atom. The third-order valence-corrected chi connectivity index (χ3v) is 4.30. The predicted octanol–water partition coefficient (Wildman–Crippen LogP) is 3.62. The number of ether oxygens (including phenoxy) is 1. The van der Waals surface area contributed by atoms with E-state index in [1.165, 1.54) is 23.8 Å². The lowest BCUT2D eigenvalue weighted by atomic mass is 9.96. The minimum Gasteiger partial charge on any atom is -0.376 e. The number of aromatic nitrogens is 1. The Kier molecular flexibility index (Phi) is 4.22. The zero-order valence-corrected chi connectivity index (χ0v) is 13.1. The van der Waals surface area contributed by atoms with E-state index in [4.69, 9.17) is 4.74 Å². The molecule has 2 aromatic rings. The van der Waals surface area contributed by atoms with Gasteiger partial charge >= 0.3 is 0 Å². The Morgan fingerprint density at radius 3 is 2.76 bits per heavy atom. The molecule has 3 nitrogen and oxygen atoms in total. The maximum absolute atomic E-state index is 6.03. The number of pyridine rings is 1. The van der Waals surface area contributed by atoms with Crippen LogP contribution < -0.4 is 5.32 Å². The Morgan fingerprint density at radius 1 is 1.29 bits per heavy atom. The average molecular weight is 284 g/mol. The molecule has 1 heterocycles. The van der Waals surface area contributed by atoms with Gasteiger partial charge in [0.05, 0.1) is 17.7 Å². The molecule has 1 fully saturated rings. The van der Waals surface area contributed by atoms with E-state index in [1.807, 2.05) is 14.0 Å². The summed E-state index contributed by atoms with van der Waals surface area (Å²) >= 11 is 0. The first-order valence-corrected chi connectivity index (χ1v) is 7.89. The summed E-state index contributed by atoms with van der Waals surface area (Å²) < 4.78 is 6.03. The molecule has 0 spiro atoms. The number of likely N-dealkylation sites (N-methyl/N-ethyl adjacent to an activating group) is 1. The molecule has 0 amide bonds. The lowest BCUT2D eigenvalue weighted by molar-refractivity contribution is 0.0205. The van der Waals surface area contributed by atoms with Gasteiger partial charge in [0.15, 0.2) is 0 Å². The second-order valence-electron chi connectivity index (χ2n) is 5.93. The first-order chi connectivity index (χ1) is 10.2. The van der Waals surface area contributed by atoms with Gasteiger partial charge in [-0.05, 0) is 63.4 Å². The molecule has 21 heavy (non-hydrogen) atoms. The molecule has 1 N–H and O–H groups in total. The first kappa shape index (κ1) is 14.5. The molecule has 112 valence electrons. The van der Waals surface area contributed by atoms with E-state index >= 15 is 0 Å². The standard InChI is InChI=1S/C18H24N2O/c1-4-21-18(13-7-8-13)17(19-3)15-9-10-16-14(11-15)6-5-12(2)20-16/h5-6,9-11,13,17-19H,4,7-8H2,1-3H3. The summed E-state index contributed by atoms with van der Waals surface area (Å²) in [5.74, 6) is 0.703. The zero-order chi connectivity index (χ0) is 14.8. The number of fused-ring (bicyclic) bond motifs is 1. The number of hydrogen-bond donors (Lipinski definition) is 1. The van der Waals surface area contributed by atoms with Crippen LogP contribution in [0.1, 0.15) is 37.1 Å². The number of nitrogens with one attached hydrogen (secondary N) is 1. The van der Waals surface area contributed by atoms with Gasteiger partial charge in [0.2, 0.25) is 0 Å². The first-order valence-electron chi connectivity index (χ1n) is 7.89. The van der Waals surface area contributed by atoms with Crippen molar-refractivity contribution in [2.75, 3.05) is 13.7 Å². The van der Waals surface area contributed by atoms with Crippen molar-refractivity contribution in [3.05, 3.63) is 41.6 Å². The fraction of sp³-hybridized carbons (Fsp3) is 0.500. The Balaban J connectivity index is 1.94. The molecule has 1 aromatic carbocycles. The summed E-state index contributed by atoms with van der Waals surface area (Å²) in [6.07, 6.45) is 2.85. The second-order valence-corrected chi connectivity index (χ2v) is 5.93. The molecule has 1 saturated carbocycles. The summed E-state index contributed by atoms with van der Waals surface area (Å²) in [6, 6.07) is 11.0. The molecule has 1 aromatic heterocycles. The summed E-state index contributed by atoms with van der Waals surface area (Å²) in [5, 5.41) is 4.65. The maximum Gasteiger partial charge on any atom is 0.0797 e. The highest BCUT2D eigenvalue weighted by Crippen LogP contribution is 2.40. The van der Waals surface area contributed by atoms with Crippen molar-refractivity contribution in [3.63, 3.8) is 0 Å². The van der Waals surface area contributed by atoms with Gasteiger partial charge in [-0.2, -0.15) is 0 Å². The number of nitrogens with zero attached hydrogens (tertiary/aromatic N) is 1. The lowest BCUT2D eigenvalue weighted by Crippen LogP contribution is -2.33. The molecular weight excluding hydrogens is 260 g/mol. The molecule has 0 saturated heterocycles. The van der Waals surface area contributed by atoms with Crippen molar-refractivity contribution >= 4 is 10.9 Å². The van der Waals surface area contributed by atoms with E-state index in [0.717, 1.165) is 17.8 Å². The quantitative estimate of drug-likeness (QED) is 0.879. The highest BCUT2D eigenvalue weighted by molar-refractivity contribution is 5.79. The van der Waals surface area contributed by atoms with Gasteiger partial charge in [-0.3, -0.25) is 4.98 Å². The molecular formula is C18H24N2O. The van der Waals surface area contributed by atoms with E-state index in [2.05, 4.69) is 47.6 Å². The third-order valence-electron chi connectivity index (χ3n) is 4.30. The Hall–Kier alpha value is -1.45. The van der Waals surface area contributed by atoms with Gasteiger partial charge in [-0.15, -0.1) is 0 Å². The zero-order valence-electron chi connectivity index (χ0n) is 13.1. The van der Waals surface area contributed by atoms with E-state index in [-0.39, 0.29) is 12.1 Å². The van der Waals surface area contributed by atoms with Crippen LogP contribution >= 0.6 is 0 Å². The molecule has 1 aliphatic carbocycles. The summed E-state index contributed by atoms with van der Waals surface area (Å²) in [6.45, 7) is 4.88. The molecule has 3 heteroatoms. The molecule has 1 aliphatic rings. The van der Waals surface area contributed by atoms with Crippen LogP contribution in [0.3, 0.4) is 0 Å². The van der Waals surface area contributed by atoms with E-state index in [0.29, 0.717) is 5.92 Å². The van der Waals surface area contributed by atoms with Crippen LogP contribution in [0.2, 0.25) is 0 Å². The van der Waals surface area contributed by atoms with Crippen LogP contribution in [0.5, 0.6) is 0 Å². The highest BCUT2D eigenvalue weighted by atomic mass is 16.5. The van der Waals surface area contributed by atoms with Crippen molar-refractivity contribution in [3.8, 4) is 0 Å². The Bertz CT molecular complexity index is 622. The van der Waals surface area contributed by atoms with Gasteiger partial charge in [-0.1, -0.05) is 12.1 Å². The lowest BCUT2D eigenvalue weighted by Gasteiger charge is -2.27. The van der Waals surface area contributed by atoms with Crippen LogP contribution in [0.15, 0.2) is 30.3 Å². The molecule has 0 radical (unpaired) electrons. The Labute approximate surface area is 126 Å². The SMILES string of the molecule is CCOC(C1CC1)C(NC)c1ccc2nc(C)ccc2c1. The van der Waals surface area contributed by atoms with Crippen LogP contribution in [0.25, 0.3) is 10.9 Å². The van der Waals surface area contributed by atoms with E-state index in [1.54, 1.807) is 0 Å². The number of rotatable bonds is 6. The molecule has 2 atom stereocenters. The maximum atomic E-state index is 6.03. The molecule has 0 bridgehead atoms. The van der Waals surface area contributed by atoms with E-state index in [9.17, 15) is 0 Å². The predicted molar refractivity (Wildman–Crippen MR) is 86.4 cm³/mol. The van der Waals surface area contributed by atoms with Gasteiger partial charge in [-0.25, -0.2) is 0 Å². The van der Waals surface area contributed by atoms with Crippen LogP contribution in [0, 0.1) is 12.8 Å². The normalized spacial score (nSPS) is 17.9. The number of benzene rings is 1. The summed E-state index contributed by atoms with van der Waals surface area (Å²) in [4.78, 5) is 4.58. The largest absolute Gasteiger partial charge is 0.376 e. The van der Waals surface area contributed by atoms with Crippen molar-refractivity contribution < 1.29 is 4.74 Å². The van der Waals surface area contributed by atoms with Gasteiger partial charge < -0.3 is 10.1 Å². The van der Waals surface area contributed by atoms with Crippen molar-refractivity contribution in [1.82, 2.24) is 10.3 Å². The fourth-order valence-electron chi connectivity index (χ4n) is 3.08. The number of hydrogen-bond acceptors (Lipinski definition) is 3. The second kappa shape index (κ2) is 6.12. The van der Waals surface area contributed by atoms with Crippen LogP contribution in [-0.4, -0.2) is 24.7 Å².